The standard InChI is InChI=1S/C19H29ClN2O2/c1-17(2)11-14(12-18(3,4)22-17)21-16(23)19(5,6)24-15-9-7-13(20)8-10-15/h7-10,14,22H,11-12H2,1-6H3,(H,21,23)/p+1. The van der Waals surface area contributed by atoms with Crippen LogP contribution in [0, 0.1) is 0 Å². The molecule has 1 amide bonds. The summed E-state index contributed by atoms with van der Waals surface area (Å²) in [4.78, 5) is 12.8. The largest absolute Gasteiger partial charge is 0.478 e. The van der Waals surface area contributed by atoms with Gasteiger partial charge in [0, 0.05) is 23.9 Å². The van der Waals surface area contributed by atoms with Crippen LogP contribution < -0.4 is 15.4 Å². The molecule has 1 aliphatic rings. The molecular weight excluding hydrogens is 324 g/mol. The van der Waals surface area contributed by atoms with Gasteiger partial charge in [-0.3, -0.25) is 4.79 Å². The van der Waals surface area contributed by atoms with Gasteiger partial charge in [-0.05, 0) is 65.8 Å². The Balaban J connectivity index is 2.03. The van der Waals surface area contributed by atoms with Gasteiger partial charge in [0.05, 0.1) is 11.1 Å². The molecule has 0 unspecified atom stereocenters. The quantitative estimate of drug-likeness (QED) is 0.874. The maximum absolute atomic E-state index is 12.8. The number of quaternary nitrogens is 1. The Morgan fingerprint density at radius 2 is 1.67 bits per heavy atom. The number of rotatable bonds is 4. The van der Waals surface area contributed by atoms with E-state index in [1.807, 2.05) is 0 Å². The summed E-state index contributed by atoms with van der Waals surface area (Å²) in [6.07, 6.45) is 1.89. The molecule has 0 aliphatic carbocycles. The SMILES string of the molecule is CC1(C)CC(NC(=O)C(C)(C)Oc2ccc(Cl)cc2)CC(C)(C)[NH2+]1. The topological polar surface area (TPSA) is 54.9 Å². The third-order valence-corrected chi connectivity index (χ3v) is 4.65. The molecular formula is C19H30ClN2O2+. The molecule has 1 aliphatic heterocycles. The number of amides is 1. The predicted octanol–water partition coefficient (Wildman–Crippen LogP) is 2.90. The number of benzene rings is 1. The first-order chi connectivity index (χ1) is 10.9. The van der Waals surface area contributed by atoms with Crippen molar-refractivity contribution in [3.05, 3.63) is 29.3 Å². The van der Waals surface area contributed by atoms with Crippen LogP contribution in [0.5, 0.6) is 5.75 Å². The highest BCUT2D eigenvalue weighted by Crippen LogP contribution is 2.24. The fourth-order valence-electron chi connectivity index (χ4n) is 3.82. The van der Waals surface area contributed by atoms with Gasteiger partial charge in [-0.2, -0.15) is 0 Å². The summed E-state index contributed by atoms with van der Waals surface area (Å²) in [5.74, 6) is 0.549. The van der Waals surface area contributed by atoms with Gasteiger partial charge >= 0.3 is 0 Å². The van der Waals surface area contributed by atoms with Crippen LogP contribution in [-0.4, -0.2) is 28.6 Å². The number of hydrogen-bond donors (Lipinski definition) is 2. The second-order valence-electron chi connectivity index (χ2n) is 8.77. The van der Waals surface area contributed by atoms with Crippen molar-refractivity contribution in [2.45, 2.75) is 77.1 Å². The highest BCUT2D eigenvalue weighted by molar-refractivity contribution is 6.30. The Hall–Kier alpha value is -1.26. The van der Waals surface area contributed by atoms with Gasteiger partial charge in [-0.1, -0.05) is 11.6 Å². The van der Waals surface area contributed by atoms with Crippen LogP contribution in [-0.2, 0) is 4.79 Å². The summed E-state index contributed by atoms with van der Waals surface area (Å²) in [6, 6.07) is 7.22. The fraction of sp³-hybridized carbons (Fsp3) is 0.632. The van der Waals surface area contributed by atoms with E-state index in [0.717, 1.165) is 12.8 Å². The van der Waals surface area contributed by atoms with Gasteiger partial charge in [0.2, 0.25) is 0 Å². The highest BCUT2D eigenvalue weighted by atomic mass is 35.5. The maximum Gasteiger partial charge on any atom is 0.263 e. The van der Waals surface area contributed by atoms with E-state index < -0.39 is 5.60 Å². The van der Waals surface area contributed by atoms with Gasteiger partial charge in [0.15, 0.2) is 5.60 Å². The van der Waals surface area contributed by atoms with Crippen LogP contribution in [0.25, 0.3) is 0 Å². The van der Waals surface area contributed by atoms with E-state index in [4.69, 9.17) is 16.3 Å². The minimum absolute atomic E-state index is 0.0871. The zero-order chi connectivity index (χ0) is 18.2. The molecule has 1 aromatic carbocycles. The summed E-state index contributed by atoms with van der Waals surface area (Å²) in [6.45, 7) is 12.5. The fourth-order valence-corrected chi connectivity index (χ4v) is 3.95. The Labute approximate surface area is 150 Å². The van der Waals surface area contributed by atoms with Gasteiger partial charge in [-0.25, -0.2) is 0 Å². The van der Waals surface area contributed by atoms with Crippen molar-refractivity contribution in [3.8, 4) is 5.75 Å². The van der Waals surface area contributed by atoms with Crippen LogP contribution >= 0.6 is 11.6 Å². The lowest BCUT2D eigenvalue weighted by atomic mass is 9.79. The number of carbonyl (C=O) groups is 1. The molecule has 1 fully saturated rings. The number of nitrogens with two attached hydrogens (primary N) is 1. The third kappa shape index (κ3) is 5.12. The molecule has 134 valence electrons. The molecule has 0 bridgehead atoms. The first kappa shape index (κ1) is 19.1. The number of nitrogens with one attached hydrogen (secondary N) is 1. The molecule has 3 N–H and O–H groups in total. The van der Waals surface area contributed by atoms with E-state index in [1.54, 1.807) is 38.1 Å². The first-order valence-corrected chi connectivity index (χ1v) is 8.89. The predicted molar refractivity (Wildman–Crippen MR) is 97.4 cm³/mol. The minimum atomic E-state index is -0.941. The van der Waals surface area contributed by atoms with Gasteiger partial charge in [-0.15, -0.1) is 0 Å². The summed E-state index contributed by atoms with van der Waals surface area (Å²) in [5, 5.41) is 6.24. The van der Waals surface area contributed by atoms with Crippen LogP contribution in [0.1, 0.15) is 54.4 Å². The van der Waals surface area contributed by atoms with Crippen LogP contribution in [0.3, 0.4) is 0 Å². The second kappa shape index (κ2) is 6.57. The van der Waals surface area contributed by atoms with E-state index in [1.165, 1.54) is 0 Å². The molecule has 1 saturated heterocycles. The normalized spacial score (nSPS) is 20.5. The van der Waals surface area contributed by atoms with Crippen LogP contribution in [0.15, 0.2) is 24.3 Å². The van der Waals surface area contributed by atoms with Gasteiger partial charge in [0.1, 0.15) is 5.75 Å². The smallest absolute Gasteiger partial charge is 0.263 e. The summed E-state index contributed by atoms with van der Waals surface area (Å²) < 4.78 is 5.89. The molecule has 0 aromatic heterocycles. The average molecular weight is 354 g/mol. The van der Waals surface area contributed by atoms with Gasteiger partial charge in [0.25, 0.3) is 5.91 Å². The molecule has 0 atom stereocenters. The van der Waals surface area contributed by atoms with Crippen molar-refractivity contribution >= 4 is 17.5 Å². The summed E-state index contributed by atoms with van der Waals surface area (Å²) >= 11 is 5.89. The van der Waals surface area contributed by atoms with Crippen molar-refractivity contribution in [2.24, 2.45) is 0 Å². The molecule has 1 aromatic rings. The Kier molecular flexibility index (Phi) is 5.22. The molecule has 4 nitrogen and oxygen atoms in total. The number of piperidine rings is 1. The second-order valence-corrected chi connectivity index (χ2v) is 9.20. The summed E-state index contributed by atoms with van der Waals surface area (Å²) in [5.41, 5.74) is -0.717. The van der Waals surface area contributed by atoms with Crippen molar-refractivity contribution < 1.29 is 14.8 Å². The molecule has 24 heavy (non-hydrogen) atoms. The van der Waals surface area contributed by atoms with E-state index in [0.29, 0.717) is 10.8 Å². The molecule has 0 radical (unpaired) electrons. The minimum Gasteiger partial charge on any atom is -0.478 e. The average Bonchev–Trinajstić information content (AvgIpc) is 2.37. The third-order valence-electron chi connectivity index (χ3n) is 4.40. The molecule has 0 spiro atoms. The molecule has 2 rings (SSSR count). The lowest BCUT2D eigenvalue weighted by Gasteiger charge is -2.43. The highest BCUT2D eigenvalue weighted by Gasteiger charge is 2.43. The molecule has 5 heteroatoms. The van der Waals surface area contributed by atoms with E-state index in [9.17, 15) is 4.79 Å². The lowest BCUT2D eigenvalue weighted by Crippen LogP contribution is -3.06. The van der Waals surface area contributed by atoms with Crippen molar-refractivity contribution in [3.63, 3.8) is 0 Å². The maximum atomic E-state index is 12.8. The van der Waals surface area contributed by atoms with Crippen molar-refractivity contribution in [1.82, 2.24) is 5.32 Å². The Morgan fingerprint density at radius 1 is 1.17 bits per heavy atom. The lowest BCUT2D eigenvalue weighted by molar-refractivity contribution is -0.788. The van der Waals surface area contributed by atoms with Crippen LogP contribution in [0.2, 0.25) is 5.02 Å². The zero-order valence-electron chi connectivity index (χ0n) is 15.6. The van der Waals surface area contributed by atoms with E-state index >= 15 is 0 Å². The van der Waals surface area contributed by atoms with E-state index in [2.05, 4.69) is 38.3 Å². The van der Waals surface area contributed by atoms with Gasteiger partial charge < -0.3 is 15.4 Å². The Bertz CT molecular complexity index is 578. The number of halogens is 1. The zero-order valence-corrected chi connectivity index (χ0v) is 16.3. The van der Waals surface area contributed by atoms with Crippen molar-refractivity contribution in [2.75, 3.05) is 0 Å². The monoisotopic (exact) mass is 353 g/mol. The first-order valence-electron chi connectivity index (χ1n) is 8.51. The Morgan fingerprint density at radius 3 is 2.17 bits per heavy atom. The molecule has 0 saturated carbocycles. The number of hydrogen-bond acceptors (Lipinski definition) is 2. The summed E-state index contributed by atoms with van der Waals surface area (Å²) in [7, 11) is 0. The van der Waals surface area contributed by atoms with Crippen molar-refractivity contribution in [1.29, 1.82) is 0 Å². The molecule has 1 heterocycles. The number of carbonyl (C=O) groups excluding carboxylic acids is 1. The van der Waals surface area contributed by atoms with Crippen LogP contribution in [0.4, 0.5) is 0 Å². The van der Waals surface area contributed by atoms with E-state index in [-0.39, 0.29) is 23.0 Å². The number of ether oxygens (including phenoxy) is 1.